The number of methoxy groups -OCH3 is 1. The van der Waals surface area contributed by atoms with Gasteiger partial charge in [0.05, 0.1) is 5.56 Å². The monoisotopic (exact) mass is 344 g/mol. The Labute approximate surface area is 139 Å². The Morgan fingerprint density at radius 3 is 2.05 bits per heavy atom. The van der Waals surface area contributed by atoms with E-state index in [0.29, 0.717) is 22.0 Å². The van der Waals surface area contributed by atoms with Gasteiger partial charge < -0.3 is 4.74 Å². The van der Waals surface area contributed by atoms with Crippen LogP contribution in [0.2, 0.25) is 15.3 Å². The molecule has 0 aliphatic heterocycles. The van der Waals surface area contributed by atoms with E-state index in [1.165, 1.54) is 0 Å². The average molecular weight is 346 g/mol. The minimum atomic E-state index is -0.264. The summed E-state index contributed by atoms with van der Waals surface area (Å²) >= 11 is 18.8. The van der Waals surface area contributed by atoms with Crippen LogP contribution < -0.4 is 0 Å². The Bertz CT molecular complexity index is 624. The van der Waals surface area contributed by atoms with Crippen LogP contribution in [0.4, 0.5) is 0 Å². The second-order valence-corrected chi connectivity index (χ2v) is 6.04. The van der Waals surface area contributed by atoms with Crippen LogP contribution in [0.5, 0.6) is 0 Å². The lowest BCUT2D eigenvalue weighted by atomic mass is 10.1. The molecule has 1 aromatic heterocycles. The molecule has 0 aliphatic rings. The minimum absolute atomic E-state index is 0.202. The number of rotatable bonds is 4. The van der Waals surface area contributed by atoms with Crippen molar-refractivity contribution in [3.63, 3.8) is 0 Å². The van der Waals surface area contributed by atoms with E-state index < -0.39 is 0 Å². The molecule has 2 aromatic rings. The highest BCUT2D eigenvalue weighted by molar-refractivity contribution is 6.40. The normalized spacial score (nSPS) is 12.7. The molecule has 0 saturated carbocycles. The zero-order chi connectivity index (χ0) is 15.6. The lowest BCUT2D eigenvalue weighted by molar-refractivity contribution is 0.0575. The molecule has 1 aromatic carbocycles. The van der Waals surface area contributed by atoms with Crippen molar-refractivity contribution >= 4 is 34.8 Å². The van der Waals surface area contributed by atoms with Crippen LogP contribution in [-0.2, 0) is 4.74 Å². The summed E-state index contributed by atoms with van der Waals surface area (Å²) in [5.74, 6) is 0.673. The average Bonchev–Trinajstić information content (AvgIpc) is 2.40. The Morgan fingerprint density at radius 1 is 1.00 bits per heavy atom. The van der Waals surface area contributed by atoms with E-state index in [2.05, 4.69) is 9.97 Å². The number of benzene rings is 1. The van der Waals surface area contributed by atoms with Gasteiger partial charge in [-0.25, -0.2) is 9.97 Å². The maximum Gasteiger partial charge on any atom is 0.160 e. The van der Waals surface area contributed by atoms with Gasteiger partial charge in [-0.1, -0.05) is 66.8 Å². The fourth-order valence-electron chi connectivity index (χ4n) is 2.11. The van der Waals surface area contributed by atoms with Crippen LogP contribution in [0.25, 0.3) is 11.1 Å². The van der Waals surface area contributed by atoms with E-state index in [-0.39, 0.29) is 22.3 Å². The van der Waals surface area contributed by atoms with Crippen molar-refractivity contribution in [2.24, 2.45) is 5.92 Å². The van der Waals surface area contributed by atoms with E-state index in [4.69, 9.17) is 39.5 Å². The maximum absolute atomic E-state index is 6.30. The van der Waals surface area contributed by atoms with Crippen molar-refractivity contribution in [2.45, 2.75) is 20.0 Å². The lowest BCUT2D eigenvalue weighted by Gasteiger charge is -2.19. The smallest absolute Gasteiger partial charge is 0.160 e. The van der Waals surface area contributed by atoms with Crippen LogP contribution in [-0.4, -0.2) is 17.1 Å². The first-order valence-electron chi connectivity index (χ1n) is 6.46. The lowest BCUT2D eigenvalue weighted by Crippen LogP contribution is -2.13. The number of halogens is 3. The summed E-state index contributed by atoms with van der Waals surface area (Å²) in [7, 11) is 1.61. The van der Waals surface area contributed by atoms with Crippen molar-refractivity contribution in [1.82, 2.24) is 9.97 Å². The molecule has 0 amide bonds. The number of ether oxygens (including phenoxy) is 1. The van der Waals surface area contributed by atoms with Crippen LogP contribution in [0.15, 0.2) is 24.3 Å². The number of aromatic nitrogens is 2. The third kappa shape index (κ3) is 3.49. The molecule has 1 unspecified atom stereocenters. The molecule has 1 atom stereocenters. The first kappa shape index (κ1) is 16.5. The minimum Gasteiger partial charge on any atom is -0.373 e. The second kappa shape index (κ2) is 6.93. The molecule has 0 spiro atoms. The van der Waals surface area contributed by atoms with Gasteiger partial charge in [0.2, 0.25) is 0 Å². The molecule has 0 radical (unpaired) electrons. The first-order valence-corrected chi connectivity index (χ1v) is 7.59. The first-order chi connectivity index (χ1) is 9.95. The molecular formula is C15H15Cl3N2O. The largest absolute Gasteiger partial charge is 0.373 e. The number of hydrogen-bond acceptors (Lipinski definition) is 3. The van der Waals surface area contributed by atoms with E-state index in [1.54, 1.807) is 13.2 Å². The Morgan fingerprint density at radius 2 is 1.57 bits per heavy atom. The van der Waals surface area contributed by atoms with Crippen molar-refractivity contribution in [3.8, 4) is 11.1 Å². The predicted molar refractivity (Wildman–Crippen MR) is 87.1 cm³/mol. The predicted octanol–water partition coefficient (Wildman–Crippen LogP) is 5.45. The van der Waals surface area contributed by atoms with Crippen LogP contribution >= 0.6 is 34.8 Å². The quantitative estimate of drug-likeness (QED) is 0.691. The molecule has 6 heteroatoms. The zero-order valence-electron chi connectivity index (χ0n) is 11.9. The van der Waals surface area contributed by atoms with Gasteiger partial charge in [0.15, 0.2) is 5.82 Å². The topological polar surface area (TPSA) is 35.0 Å². The van der Waals surface area contributed by atoms with E-state index in [0.717, 1.165) is 0 Å². The molecule has 0 fully saturated rings. The van der Waals surface area contributed by atoms with Crippen LogP contribution in [0.3, 0.4) is 0 Å². The summed E-state index contributed by atoms with van der Waals surface area (Å²) in [5.41, 5.74) is 1.24. The van der Waals surface area contributed by atoms with Crippen LogP contribution in [0.1, 0.15) is 25.8 Å². The van der Waals surface area contributed by atoms with Crippen LogP contribution in [0, 0.1) is 5.92 Å². The third-order valence-corrected chi connectivity index (χ3v) is 3.97. The van der Waals surface area contributed by atoms with Gasteiger partial charge in [0.1, 0.15) is 16.4 Å². The number of hydrogen-bond donors (Lipinski definition) is 0. The highest BCUT2D eigenvalue weighted by atomic mass is 35.5. The van der Waals surface area contributed by atoms with Crippen molar-refractivity contribution < 1.29 is 4.74 Å². The zero-order valence-corrected chi connectivity index (χ0v) is 14.2. The Hall–Kier alpha value is -0.870. The molecule has 112 valence electrons. The van der Waals surface area contributed by atoms with Gasteiger partial charge in [-0.3, -0.25) is 0 Å². The van der Waals surface area contributed by atoms with Gasteiger partial charge in [-0.2, -0.15) is 0 Å². The van der Waals surface area contributed by atoms with Gasteiger partial charge in [0.25, 0.3) is 0 Å². The molecule has 0 aliphatic carbocycles. The molecule has 0 saturated heterocycles. The summed E-state index contributed by atoms with van der Waals surface area (Å²) in [6, 6.07) is 7.29. The molecular weight excluding hydrogens is 331 g/mol. The highest BCUT2D eigenvalue weighted by Crippen LogP contribution is 2.37. The standard InChI is InChI=1S/C15H15Cl3N2O/c1-8(2)12(21-3)15-19-13(17)11(14(18)20-15)9-6-4-5-7-10(9)16/h4-8,12H,1-3H3. The molecule has 0 N–H and O–H groups in total. The van der Waals surface area contributed by atoms with E-state index >= 15 is 0 Å². The molecule has 0 bridgehead atoms. The maximum atomic E-state index is 6.30. The molecule has 2 rings (SSSR count). The van der Waals surface area contributed by atoms with E-state index in [1.807, 2.05) is 32.0 Å². The van der Waals surface area contributed by atoms with Crippen molar-refractivity contribution in [3.05, 3.63) is 45.4 Å². The summed E-state index contributed by atoms with van der Waals surface area (Å²) < 4.78 is 5.41. The Kier molecular flexibility index (Phi) is 5.44. The summed E-state index contributed by atoms with van der Waals surface area (Å²) in [6.07, 6.45) is -0.264. The molecule has 1 heterocycles. The summed E-state index contributed by atoms with van der Waals surface area (Å²) in [4.78, 5) is 8.66. The Balaban J connectivity index is 2.55. The number of nitrogens with zero attached hydrogens (tertiary/aromatic N) is 2. The fourth-order valence-corrected chi connectivity index (χ4v) is 2.95. The van der Waals surface area contributed by atoms with Gasteiger partial charge >= 0.3 is 0 Å². The SMILES string of the molecule is COC(c1nc(Cl)c(-c2ccccc2Cl)c(Cl)n1)C(C)C. The van der Waals surface area contributed by atoms with Gasteiger partial charge in [-0.15, -0.1) is 0 Å². The summed E-state index contributed by atoms with van der Waals surface area (Å²) in [5, 5.41) is 1.08. The van der Waals surface area contributed by atoms with Gasteiger partial charge in [0, 0.05) is 17.7 Å². The molecule has 3 nitrogen and oxygen atoms in total. The van der Waals surface area contributed by atoms with E-state index in [9.17, 15) is 0 Å². The highest BCUT2D eigenvalue weighted by Gasteiger charge is 2.22. The second-order valence-electron chi connectivity index (χ2n) is 4.92. The summed E-state index contributed by atoms with van der Waals surface area (Å²) in [6.45, 7) is 4.03. The van der Waals surface area contributed by atoms with Gasteiger partial charge in [-0.05, 0) is 12.0 Å². The third-order valence-electron chi connectivity index (χ3n) is 3.10. The fraction of sp³-hybridized carbons (Fsp3) is 0.333. The van der Waals surface area contributed by atoms with Crippen molar-refractivity contribution in [2.75, 3.05) is 7.11 Å². The van der Waals surface area contributed by atoms with Crippen molar-refractivity contribution in [1.29, 1.82) is 0 Å². The molecule has 21 heavy (non-hydrogen) atoms.